The average Bonchev–Trinajstić information content (AvgIpc) is 3.32. The molecule has 4 aromatic rings. The number of aromatic nitrogens is 3. The number of benzene rings is 3. The summed E-state index contributed by atoms with van der Waals surface area (Å²) in [6.07, 6.45) is -3.57. The topological polar surface area (TPSA) is 81.4 Å². The Morgan fingerprint density at radius 1 is 1.08 bits per heavy atom. The van der Waals surface area contributed by atoms with Crippen molar-refractivity contribution >= 4 is 35.5 Å². The van der Waals surface area contributed by atoms with Gasteiger partial charge in [-0.05, 0) is 61.5 Å². The van der Waals surface area contributed by atoms with Crippen LogP contribution < -0.4 is 10.2 Å². The molecule has 7 nitrogen and oxygen atoms in total. The first-order valence-electron chi connectivity index (χ1n) is 11.3. The summed E-state index contributed by atoms with van der Waals surface area (Å²) < 4.78 is 46.7. The lowest BCUT2D eigenvalue weighted by Crippen LogP contribution is -2.20. The number of hydrogen-bond donors (Lipinski definition) is 1. The number of thioether (sulfide) groups is 1. The fourth-order valence-corrected chi connectivity index (χ4v) is 4.31. The monoisotopic (exact) mass is 559 g/mol. The summed E-state index contributed by atoms with van der Waals surface area (Å²) in [5.74, 6) is 0.616. The molecule has 1 aromatic heterocycles. The molecule has 196 valence electrons. The third-order valence-electron chi connectivity index (χ3n) is 5.13. The van der Waals surface area contributed by atoms with Gasteiger partial charge in [0.1, 0.15) is 5.75 Å². The van der Waals surface area contributed by atoms with Crippen molar-refractivity contribution in [3.8, 4) is 22.8 Å². The van der Waals surface area contributed by atoms with Crippen LogP contribution in [0.4, 0.5) is 13.2 Å². The van der Waals surface area contributed by atoms with E-state index in [1.807, 2.05) is 43.3 Å². The van der Waals surface area contributed by atoms with Crippen LogP contribution in [0.2, 0.25) is 5.02 Å². The van der Waals surface area contributed by atoms with E-state index in [1.165, 1.54) is 18.2 Å². The van der Waals surface area contributed by atoms with Gasteiger partial charge in [0.15, 0.2) is 11.0 Å². The quantitative estimate of drug-likeness (QED) is 0.149. The maximum absolute atomic E-state index is 13.1. The van der Waals surface area contributed by atoms with Crippen molar-refractivity contribution in [3.05, 3.63) is 88.9 Å². The number of rotatable bonds is 9. The highest BCUT2D eigenvalue weighted by atomic mass is 35.5. The molecule has 0 bridgehead atoms. The molecule has 1 N–H and O–H groups in total. The van der Waals surface area contributed by atoms with Crippen molar-refractivity contribution in [1.82, 2.24) is 20.2 Å². The van der Waals surface area contributed by atoms with Gasteiger partial charge in [0.25, 0.3) is 5.91 Å². The third-order valence-corrected chi connectivity index (χ3v) is 6.31. The normalized spacial score (nSPS) is 11.6. The van der Waals surface area contributed by atoms with E-state index < -0.39 is 17.6 Å². The standard InChI is InChI=1S/C26H21ClF3N5O2S/c1-2-37-21-13-11-20(12-14-21)35-24(17-7-9-19(27)10-8-17)33-34-25(35)38-16-23(36)32-31-15-18-5-3-4-6-22(18)26(28,29)30/h3-15H,2,16H2,1H3,(H,32,36). The van der Waals surface area contributed by atoms with Crippen molar-refractivity contribution in [2.45, 2.75) is 18.3 Å². The lowest BCUT2D eigenvalue weighted by Gasteiger charge is -2.11. The van der Waals surface area contributed by atoms with Gasteiger partial charge in [-0.1, -0.05) is 41.6 Å². The Bertz CT molecular complexity index is 1420. The Kier molecular flexibility index (Phi) is 8.70. The number of hydrogen-bond acceptors (Lipinski definition) is 6. The molecule has 0 saturated carbocycles. The van der Waals surface area contributed by atoms with Crippen LogP contribution in [-0.2, 0) is 11.0 Å². The van der Waals surface area contributed by atoms with Crippen LogP contribution in [0.3, 0.4) is 0 Å². The molecule has 0 aliphatic carbocycles. The third kappa shape index (κ3) is 6.73. The lowest BCUT2D eigenvalue weighted by molar-refractivity contribution is -0.137. The average molecular weight is 560 g/mol. The van der Waals surface area contributed by atoms with Gasteiger partial charge in [-0.15, -0.1) is 10.2 Å². The highest BCUT2D eigenvalue weighted by Gasteiger charge is 2.32. The molecule has 0 radical (unpaired) electrons. The molecule has 3 aromatic carbocycles. The Hall–Kier alpha value is -3.83. The summed E-state index contributed by atoms with van der Waals surface area (Å²) in [6.45, 7) is 2.42. The van der Waals surface area contributed by atoms with E-state index in [0.29, 0.717) is 28.4 Å². The summed E-state index contributed by atoms with van der Waals surface area (Å²) in [6, 6.07) is 19.4. The predicted octanol–water partition coefficient (Wildman–Crippen LogP) is 6.25. The highest BCUT2D eigenvalue weighted by Crippen LogP contribution is 2.31. The smallest absolute Gasteiger partial charge is 0.417 e. The second kappa shape index (κ2) is 12.1. The summed E-state index contributed by atoms with van der Waals surface area (Å²) in [5.41, 5.74) is 2.77. The number of ether oxygens (including phenoxy) is 1. The zero-order valence-electron chi connectivity index (χ0n) is 19.9. The van der Waals surface area contributed by atoms with Crippen molar-refractivity contribution in [2.75, 3.05) is 12.4 Å². The van der Waals surface area contributed by atoms with Crippen LogP contribution in [0.1, 0.15) is 18.1 Å². The van der Waals surface area contributed by atoms with Crippen LogP contribution >= 0.6 is 23.4 Å². The number of amides is 1. The first kappa shape index (κ1) is 27.2. The summed E-state index contributed by atoms with van der Waals surface area (Å²) in [4.78, 5) is 12.4. The SMILES string of the molecule is CCOc1ccc(-n2c(SCC(=O)NN=Cc3ccccc3C(F)(F)F)nnc2-c2ccc(Cl)cc2)cc1. The van der Waals surface area contributed by atoms with Crippen molar-refractivity contribution in [3.63, 3.8) is 0 Å². The summed E-state index contributed by atoms with van der Waals surface area (Å²) >= 11 is 7.13. The maximum Gasteiger partial charge on any atom is 0.417 e. The number of nitrogens with zero attached hydrogens (tertiary/aromatic N) is 4. The van der Waals surface area contributed by atoms with Crippen molar-refractivity contribution in [1.29, 1.82) is 0 Å². The molecule has 0 unspecified atom stereocenters. The molecule has 0 aliphatic rings. The van der Waals surface area contributed by atoms with Crippen LogP contribution in [0.5, 0.6) is 5.75 Å². The minimum Gasteiger partial charge on any atom is -0.494 e. The van der Waals surface area contributed by atoms with Gasteiger partial charge in [0.05, 0.1) is 24.1 Å². The van der Waals surface area contributed by atoms with Gasteiger partial charge in [-0.3, -0.25) is 9.36 Å². The fraction of sp³-hybridized carbons (Fsp3) is 0.154. The largest absolute Gasteiger partial charge is 0.494 e. The van der Waals surface area contributed by atoms with Crippen molar-refractivity contribution < 1.29 is 22.7 Å². The van der Waals surface area contributed by atoms with Crippen LogP contribution in [0.15, 0.2) is 83.1 Å². The molecular formula is C26H21ClF3N5O2S. The van der Waals surface area contributed by atoms with Crippen LogP contribution in [0.25, 0.3) is 17.1 Å². The fourth-order valence-electron chi connectivity index (χ4n) is 3.44. The summed E-state index contributed by atoms with van der Waals surface area (Å²) in [5, 5.41) is 13.3. The predicted molar refractivity (Wildman–Crippen MR) is 141 cm³/mol. The van der Waals surface area contributed by atoms with E-state index in [0.717, 1.165) is 35.3 Å². The number of carbonyl (C=O) groups excluding carboxylic acids is 1. The number of carbonyl (C=O) groups is 1. The van der Waals surface area contributed by atoms with Crippen LogP contribution in [0, 0.1) is 0 Å². The maximum atomic E-state index is 13.1. The second-order valence-electron chi connectivity index (χ2n) is 7.74. The molecule has 0 spiro atoms. The highest BCUT2D eigenvalue weighted by molar-refractivity contribution is 7.99. The zero-order chi connectivity index (χ0) is 27.1. The Morgan fingerprint density at radius 3 is 2.47 bits per heavy atom. The number of halogens is 4. The Morgan fingerprint density at radius 2 is 1.79 bits per heavy atom. The molecule has 0 atom stereocenters. The molecule has 0 fully saturated rings. The molecule has 1 amide bonds. The number of alkyl halides is 3. The van der Waals surface area contributed by atoms with Crippen LogP contribution in [-0.4, -0.2) is 39.2 Å². The van der Waals surface area contributed by atoms with E-state index >= 15 is 0 Å². The molecule has 38 heavy (non-hydrogen) atoms. The minimum absolute atomic E-state index is 0.103. The van der Waals surface area contributed by atoms with Gasteiger partial charge >= 0.3 is 6.18 Å². The van der Waals surface area contributed by atoms with E-state index in [9.17, 15) is 18.0 Å². The number of nitrogens with one attached hydrogen (secondary N) is 1. The first-order valence-corrected chi connectivity index (χ1v) is 12.7. The van der Waals surface area contributed by atoms with E-state index in [4.69, 9.17) is 16.3 Å². The van der Waals surface area contributed by atoms with E-state index in [1.54, 1.807) is 16.7 Å². The summed E-state index contributed by atoms with van der Waals surface area (Å²) in [7, 11) is 0. The lowest BCUT2D eigenvalue weighted by atomic mass is 10.1. The number of hydrazone groups is 1. The van der Waals surface area contributed by atoms with E-state index in [2.05, 4.69) is 20.7 Å². The molecule has 0 saturated heterocycles. The Labute approximate surface area is 225 Å². The van der Waals surface area contributed by atoms with E-state index in [-0.39, 0.29) is 11.3 Å². The first-order chi connectivity index (χ1) is 18.3. The van der Waals surface area contributed by atoms with Gasteiger partial charge in [-0.2, -0.15) is 18.3 Å². The molecule has 0 aliphatic heterocycles. The molecule has 4 rings (SSSR count). The minimum atomic E-state index is -4.53. The molecular weight excluding hydrogens is 539 g/mol. The van der Waals surface area contributed by atoms with Gasteiger partial charge in [-0.25, -0.2) is 5.43 Å². The van der Waals surface area contributed by atoms with Crippen molar-refractivity contribution in [2.24, 2.45) is 5.10 Å². The molecule has 1 heterocycles. The second-order valence-corrected chi connectivity index (χ2v) is 9.12. The van der Waals surface area contributed by atoms with Gasteiger partial charge in [0, 0.05) is 21.8 Å². The Balaban J connectivity index is 1.52. The molecule has 12 heteroatoms. The van der Waals surface area contributed by atoms with Gasteiger partial charge in [0.2, 0.25) is 0 Å². The zero-order valence-corrected chi connectivity index (χ0v) is 21.5. The van der Waals surface area contributed by atoms with Gasteiger partial charge < -0.3 is 4.74 Å².